The second kappa shape index (κ2) is 17.3. The highest BCUT2D eigenvalue weighted by atomic mass is 16.5. The summed E-state index contributed by atoms with van der Waals surface area (Å²) in [6.45, 7) is 5.04. The van der Waals surface area contributed by atoms with Gasteiger partial charge in [-0.3, -0.25) is 14.4 Å². The third kappa shape index (κ3) is 11.1. The Bertz CT molecular complexity index is 1140. The average Bonchev–Trinajstić information content (AvgIpc) is 2.98. The molecule has 1 aliphatic rings. The first-order chi connectivity index (χ1) is 19.9. The highest BCUT2D eigenvalue weighted by Crippen LogP contribution is 2.29. The van der Waals surface area contributed by atoms with Crippen LogP contribution in [0.3, 0.4) is 0 Å². The molecule has 1 aromatic heterocycles. The molecule has 11 nitrogen and oxygen atoms in total. The van der Waals surface area contributed by atoms with Gasteiger partial charge in [0.15, 0.2) is 0 Å². The zero-order valence-electron chi connectivity index (χ0n) is 24.3. The summed E-state index contributed by atoms with van der Waals surface area (Å²) >= 11 is 0. The van der Waals surface area contributed by atoms with Crippen LogP contribution in [0, 0.1) is 5.92 Å². The van der Waals surface area contributed by atoms with Crippen LogP contribution in [0.4, 0.5) is 5.69 Å². The number of pyridine rings is 1. The summed E-state index contributed by atoms with van der Waals surface area (Å²) < 4.78 is 21.3. The van der Waals surface area contributed by atoms with E-state index < -0.39 is 0 Å². The van der Waals surface area contributed by atoms with Crippen molar-refractivity contribution in [2.24, 2.45) is 5.92 Å². The molecule has 0 radical (unpaired) electrons. The number of carbonyl (C=O) groups is 3. The lowest BCUT2D eigenvalue weighted by atomic mass is 9.96. The Balaban J connectivity index is 1.53. The number of rotatable bonds is 17. The smallest absolute Gasteiger partial charge is 0.307 e. The van der Waals surface area contributed by atoms with Crippen LogP contribution >= 0.6 is 0 Å². The fourth-order valence-corrected chi connectivity index (χ4v) is 4.33. The Kier molecular flexibility index (Phi) is 13.5. The molecule has 2 N–H and O–H groups in total. The topological polar surface area (TPSA) is 128 Å². The van der Waals surface area contributed by atoms with Gasteiger partial charge in [0.25, 0.3) is 0 Å². The molecule has 2 amide bonds. The number of aromatic nitrogens is 1. The summed E-state index contributed by atoms with van der Waals surface area (Å²) in [5.41, 5.74) is 3.54. The number of methoxy groups -OCH3 is 1. The number of hydrogen-bond acceptors (Lipinski definition) is 9. The molecule has 41 heavy (non-hydrogen) atoms. The molecule has 1 atom stereocenters. The van der Waals surface area contributed by atoms with Crippen molar-refractivity contribution in [2.75, 3.05) is 72.1 Å². The van der Waals surface area contributed by atoms with Crippen LogP contribution in [0.2, 0.25) is 0 Å². The number of likely N-dealkylation sites (tertiary alicyclic amines) is 1. The second-order valence-electron chi connectivity index (χ2n) is 9.88. The molecule has 2 heterocycles. The van der Waals surface area contributed by atoms with E-state index in [-0.39, 0.29) is 49.9 Å². The minimum Gasteiger partial charge on any atom is -0.474 e. The van der Waals surface area contributed by atoms with Gasteiger partial charge >= 0.3 is 5.97 Å². The molecular formula is C30H42N4O7. The summed E-state index contributed by atoms with van der Waals surface area (Å²) in [7, 11) is 3.16. The van der Waals surface area contributed by atoms with Crippen molar-refractivity contribution in [1.82, 2.24) is 15.2 Å². The quantitative estimate of drug-likeness (QED) is 0.218. The number of piperidine rings is 1. The Labute approximate surface area is 241 Å². The minimum atomic E-state index is -0.316. The maximum absolute atomic E-state index is 12.8. The lowest BCUT2D eigenvalue weighted by Crippen LogP contribution is -2.40. The Morgan fingerprint density at radius 3 is 2.61 bits per heavy atom. The third-order valence-electron chi connectivity index (χ3n) is 6.79. The molecule has 0 spiro atoms. The molecule has 1 unspecified atom stereocenters. The van der Waals surface area contributed by atoms with Gasteiger partial charge in [-0.15, -0.1) is 0 Å². The van der Waals surface area contributed by atoms with Crippen LogP contribution in [-0.4, -0.2) is 94.5 Å². The van der Waals surface area contributed by atoms with Gasteiger partial charge in [0.2, 0.25) is 17.7 Å². The van der Waals surface area contributed by atoms with Gasteiger partial charge in [0.05, 0.1) is 46.5 Å². The van der Waals surface area contributed by atoms with E-state index in [0.29, 0.717) is 44.4 Å². The average molecular weight is 571 g/mol. The zero-order valence-corrected chi connectivity index (χ0v) is 24.3. The molecule has 1 fully saturated rings. The minimum absolute atomic E-state index is 0.106. The van der Waals surface area contributed by atoms with E-state index in [1.807, 2.05) is 25.2 Å². The first-order valence-corrected chi connectivity index (χ1v) is 14.1. The fraction of sp³-hybridized carbons (Fsp3) is 0.533. The van der Waals surface area contributed by atoms with Gasteiger partial charge in [-0.1, -0.05) is 31.2 Å². The number of carbonyl (C=O) groups excluding carboxylic acids is 3. The first kappa shape index (κ1) is 32.0. The number of ether oxygens (including phenoxy) is 4. The van der Waals surface area contributed by atoms with Crippen LogP contribution in [0.1, 0.15) is 31.7 Å². The van der Waals surface area contributed by atoms with E-state index in [0.717, 1.165) is 30.5 Å². The summed E-state index contributed by atoms with van der Waals surface area (Å²) in [6.07, 6.45) is 4.25. The van der Waals surface area contributed by atoms with E-state index in [9.17, 15) is 14.4 Å². The van der Waals surface area contributed by atoms with Crippen molar-refractivity contribution in [3.8, 4) is 17.0 Å². The van der Waals surface area contributed by atoms with Crippen LogP contribution in [0.25, 0.3) is 11.1 Å². The Morgan fingerprint density at radius 1 is 1.07 bits per heavy atom. The predicted octanol–water partition coefficient (Wildman–Crippen LogP) is 2.68. The van der Waals surface area contributed by atoms with E-state index in [1.165, 1.54) is 12.7 Å². The molecule has 11 heteroatoms. The molecule has 3 rings (SSSR count). The largest absolute Gasteiger partial charge is 0.474 e. The van der Waals surface area contributed by atoms with Crippen LogP contribution in [0.5, 0.6) is 5.88 Å². The van der Waals surface area contributed by atoms with Gasteiger partial charge in [-0.25, -0.2) is 4.98 Å². The van der Waals surface area contributed by atoms with Gasteiger partial charge in [0, 0.05) is 31.8 Å². The van der Waals surface area contributed by atoms with Crippen LogP contribution in [0.15, 0.2) is 36.5 Å². The van der Waals surface area contributed by atoms with Crippen LogP contribution in [-0.2, 0) is 35.0 Å². The number of anilines is 1. The third-order valence-corrected chi connectivity index (χ3v) is 6.79. The molecule has 2 aromatic rings. The molecule has 0 bridgehead atoms. The highest BCUT2D eigenvalue weighted by molar-refractivity contribution is 5.94. The van der Waals surface area contributed by atoms with Crippen molar-refractivity contribution < 1.29 is 33.3 Å². The van der Waals surface area contributed by atoms with Gasteiger partial charge in [0.1, 0.15) is 12.3 Å². The molecule has 1 aliphatic heterocycles. The summed E-state index contributed by atoms with van der Waals surface area (Å²) in [6, 6.07) is 10.1. The van der Waals surface area contributed by atoms with Crippen molar-refractivity contribution in [1.29, 1.82) is 0 Å². The number of benzene rings is 1. The number of nitrogens with zero attached hydrogens (tertiary/aromatic N) is 2. The number of esters is 1. The van der Waals surface area contributed by atoms with E-state index >= 15 is 0 Å². The number of aryl methyl sites for hydroxylation is 1. The summed E-state index contributed by atoms with van der Waals surface area (Å²) in [5, 5.41) is 6.11. The molecule has 224 valence electrons. The monoisotopic (exact) mass is 570 g/mol. The summed E-state index contributed by atoms with van der Waals surface area (Å²) in [4.78, 5) is 42.1. The number of nitrogens with one attached hydrogen (secondary N) is 2. The number of amides is 2. The maximum atomic E-state index is 12.8. The fourth-order valence-electron chi connectivity index (χ4n) is 4.33. The van der Waals surface area contributed by atoms with E-state index in [2.05, 4.69) is 39.4 Å². The van der Waals surface area contributed by atoms with Crippen molar-refractivity contribution in [3.05, 3.63) is 42.1 Å². The van der Waals surface area contributed by atoms with Gasteiger partial charge in [-0.05, 0) is 42.5 Å². The zero-order chi connectivity index (χ0) is 29.5. The molecular weight excluding hydrogens is 528 g/mol. The number of hydrogen-bond donors (Lipinski definition) is 2. The Morgan fingerprint density at radius 2 is 1.85 bits per heavy atom. The SMILES string of the molecule is CCc1cccc(-c2cnc(OCCOCCOCCC(=O)OC)c(NC(=O)CNCC3CCN(C)C(=O)C3)c2)c1. The van der Waals surface area contributed by atoms with Crippen molar-refractivity contribution >= 4 is 23.5 Å². The highest BCUT2D eigenvalue weighted by Gasteiger charge is 2.23. The molecule has 1 aromatic carbocycles. The normalized spacial score (nSPS) is 15.0. The molecule has 0 saturated carbocycles. The van der Waals surface area contributed by atoms with Crippen molar-refractivity contribution in [2.45, 2.75) is 32.6 Å². The van der Waals surface area contributed by atoms with Gasteiger partial charge < -0.3 is 34.5 Å². The molecule has 0 aliphatic carbocycles. The lowest BCUT2D eigenvalue weighted by Gasteiger charge is -2.28. The van der Waals surface area contributed by atoms with Crippen molar-refractivity contribution in [3.63, 3.8) is 0 Å². The first-order valence-electron chi connectivity index (χ1n) is 14.1. The summed E-state index contributed by atoms with van der Waals surface area (Å²) in [5.74, 6) is 0.116. The van der Waals surface area contributed by atoms with Gasteiger partial charge in [-0.2, -0.15) is 0 Å². The second-order valence-corrected chi connectivity index (χ2v) is 9.88. The molecule has 1 saturated heterocycles. The lowest BCUT2D eigenvalue weighted by molar-refractivity contribution is -0.142. The van der Waals surface area contributed by atoms with E-state index in [1.54, 1.807) is 11.1 Å². The standard InChI is InChI=1S/C30H42N4O7/c1-4-22-6-5-7-24(16-22)25-18-26(33-27(35)21-31-19-23-8-10-34(2)28(36)17-23)30(32-20-25)41-15-14-40-13-12-39-11-9-29(37)38-3/h5-7,16,18,20,23,31H,4,8-15,17,19,21H2,1-3H3,(H,33,35). The van der Waals surface area contributed by atoms with Crippen LogP contribution < -0.4 is 15.4 Å². The Hall–Kier alpha value is -3.54. The van der Waals surface area contributed by atoms with E-state index in [4.69, 9.17) is 14.2 Å². The predicted molar refractivity (Wildman–Crippen MR) is 155 cm³/mol. The maximum Gasteiger partial charge on any atom is 0.307 e.